The van der Waals surface area contributed by atoms with E-state index in [2.05, 4.69) is 15.6 Å². The van der Waals surface area contributed by atoms with Crippen LogP contribution in [-0.2, 0) is 11.3 Å². The maximum absolute atomic E-state index is 13.2. The van der Waals surface area contributed by atoms with E-state index in [1.807, 2.05) is 0 Å². The van der Waals surface area contributed by atoms with Crippen molar-refractivity contribution in [3.8, 4) is 0 Å². The summed E-state index contributed by atoms with van der Waals surface area (Å²) in [5.74, 6) is -2.04. The molecule has 7 heteroatoms. The van der Waals surface area contributed by atoms with Gasteiger partial charge in [-0.2, -0.15) is 0 Å². The van der Waals surface area contributed by atoms with E-state index in [-0.39, 0.29) is 23.5 Å². The summed E-state index contributed by atoms with van der Waals surface area (Å²) in [7, 11) is 0. The Hall–Kier alpha value is -4.00. The average molecular weight is 394 g/mol. The van der Waals surface area contributed by atoms with Gasteiger partial charge in [-0.15, -0.1) is 0 Å². The molecule has 0 spiro atoms. The molecule has 4 N–H and O–H groups in total. The summed E-state index contributed by atoms with van der Waals surface area (Å²) >= 11 is 0. The molecule has 3 rings (SSSR count). The standard InChI is InChI=1S/C22H19FN4O2/c23-18-8-9-20(19(24)12-18)27-22(29)17-6-3-16(4-7-17)14-26-21(28)10-5-15-2-1-11-25-13-15/h1-13H,14,24H2,(H,26,28)(H,27,29)/b10-5+/i3D,4D,6D,7D. The molecule has 2 aromatic carbocycles. The average Bonchev–Trinajstić information content (AvgIpc) is 2.79. The summed E-state index contributed by atoms with van der Waals surface area (Å²) in [6, 6.07) is 4.67. The van der Waals surface area contributed by atoms with Crippen molar-refractivity contribution in [3.63, 3.8) is 0 Å². The van der Waals surface area contributed by atoms with Crippen molar-refractivity contribution in [2.75, 3.05) is 11.1 Å². The van der Waals surface area contributed by atoms with E-state index in [9.17, 15) is 14.0 Å². The number of pyridine rings is 1. The smallest absolute Gasteiger partial charge is 0.255 e. The molecule has 0 saturated heterocycles. The minimum absolute atomic E-state index is 0.0581. The zero-order valence-electron chi connectivity index (χ0n) is 19.1. The monoisotopic (exact) mass is 394 g/mol. The number of carbonyl (C=O) groups excluding carboxylic acids is 2. The molecule has 0 unspecified atom stereocenters. The molecule has 29 heavy (non-hydrogen) atoms. The van der Waals surface area contributed by atoms with Crippen LogP contribution in [0.3, 0.4) is 0 Å². The molecule has 146 valence electrons. The fourth-order valence-electron chi connectivity index (χ4n) is 2.25. The fraction of sp³-hybridized carbons (Fsp3) is 0.0455. The highest BCUT2D eigenvalue weighted by atomic mass is 19.1. The van der Waals surface area contributed by atoms with Gasteiger partial charge in [0.1, 0.15) is 5.82 Å². The molecule has 1 heterocycles. The van der Waals surface area contributed by atoms with Crippen LogP contribution in [0.2, 0.25) is 0 Å². The number of rotatable bonds is 6. The van der Waals surface area contributed by atoms with Gasteiger partial charge in [0, 0.05) is 30.6 Å². The maximum atomic E-state index is 13.2. The number of nitrogen functional groups attached to an aromatic ring is 1. The number of hydrogen-bond donors (Lipinski definition) is 3. The Morgan fingerprint density at radius 2 is 2.00 bits per heavy atom. The molecule has 0 fully saturated rings. The Morgan fingerprint density at radius 3 is 2.69 bits per heavy atom. The molecule has 3 aromatic rings. The summed E-state index contributed by atoms with van der Waals surface area (Å²) in [5.41, 5.74) is 5.80. The van der Waals surface area contributed by atoms with E-state index in [1.54, 1.807) is 24.5 Å². The van der Waals surface area contributed by atoms with Gasteiger partial charge in [0.05, 0.1) is 16.9 Å². The van der Waals surface area contributed by atoms with Gasteiger partial charge in [-0.1, -0.05) is 18.2 Å². The minimum atomic E-state index is -0.930. The van der Waals surface area contributed by atoms with Crippen LogP contribution < -0.4 is 16.4 Å². The number of nitrogens with one attached hydrogen (secondary N) is 2. The second kappa shape index (κ2) is 9.27. The number of nitrogens with two attached hydrogens (primary N) is 1. The van der Waals surface area contributed by atoms with Crippen molar-refractivity contribution in [1.82, 2.24) is 10.3 Å². The molecule has 1 aromatic heterocycles. The van der Waals surface area contributed by atoms with Gasteiger partial charge < -0.3 is 16.4 Å². The molecule has 0 aliphatic carbocycles. The number of nitrogens with zero attached hydrogens (tertiary/aromatic N) is 1. The van der Waals surface area contributed by atoms with Gasteiger partial charge in [-0.05, 0) is 53.6 Å². The fourth-order valence-corrected chi connectivity index (χ4v) is 2.25. The van der Waals surface area contributed by atoms with Crippen molar-refractivity contribution < 1.29 is 19.5 Å². The van der Waals surface area contributed by atoms with Crippen LogP contribution in [0.25, 0.3) is 6.08 Å². The third-order valence-electron chi connectivity index (χ3n) is 3.72. The van der Waals surface area contributed by atoms with E-state index in [1.165, 1.54) is 18.2 Å². The summed E-state index contributed by atoms with van der Waals surface area (Å²) in [6.45, 7) is -0.279. The molecule has 2 amide bonds. The first-order valence-corrected chi connectivity index (χ1v) is 8.50. The molecule has 0 aliphatic rings. The topological polar surface area (TPSA) is 97.1 Å². The van der Waals surface area contributed by atoms with Crippen LogP contribution in [-0.4, -0.2) is 16.8 Å². The van der Waals surface area contributed by atoms with E-state index in [0.717, 1.165) is 12.1 Å². The molecular formula is C22H19FN4O2. The van der Waals surface area contributed by atoms with Gasteiger partial charge in [-0.25, -0.2) is 4.39 Å². The highest BCUT2D eigenvalue weighted by Gasteiger charge is 2.09. The lowest BCUT2D eigenvalue weighted by Gasteiger charge is -2.09. The first-order valence-electron chi connectivity index (χ1n) is 10.5. The molecule has 0 saturated carbocycles. The van der Waals surface area contributed by atoms with Crippen molar-refractivity contribution in [3.05, 3.63) is 95.5 Å². The second-order valence-electron chi connectivity index (χ2n) is 5.88. The zero-order valence-corrected chi connectivity index (χ0v) is 15.1. The number of hydrogen-bond acceptors (Lipinski definition) is 4. The van der Waals surface area contributed by atoms with E-state index in [0.29, 0.717) is 5.56 Å². The first kappa shape index (κ1) is 15.0. The molecule has 6 nitrogen and oxygen atoms in total. The first-order chi connectivity index (χ1) is 15.7. The van der Waals surface area contributed by atoms with Gasteiger partial charge in [-0.3, -0.25) is 14.6 Å². The Kier molecular flexibility index (Phi) is 4.79. The third kappa shape index (κ3) is 5.74. The van der Waals surface area contributed by atoms with E-state index in [4.69, 9.17) is 11.2 Å². The lowest BCUT2D eigenvalue weighted by molar-refractivity contribution is -0.116. The lowest BCUT2D eigenvalue weighted by atomic mass is 10.1. The van der Waals surface area contributed by atoms with Gasteiger partial charge in [0.25, 0.3) is 5.91 Å². The normalized spacial score (nSPS) is 12.6. The molecular weight excluding hydrogens is 371 g/mol. The van der Waals surface area contributed by atoms with Crippen molar-refractivity contribution in [1.29, 1.82) is 0 Å². The highest BCUT2D eigenvalue weighted by Crippen LogP contribution is 2.20. The van der Waals surface area contributed by atoms with Crippen LogP contribution in [0.4, 0.5) is 15.8 Å². The van der Waals surface area contributed by atoms with Crippen molar-refractivity contribution in [2.24, 2.45) is 0 Å². The summed E-state index contributed by atoms with van der Waals surface area (Å²) in [6.07, 6.45) is 5.95. The van der Waals surface area contributed by atoms with Crippen LogP contribution >= 0.6 is 0 Å². The van der Waals surface area contributed by atoms with Crippen LogP contribution in [0.1, 0.15) is 27.0 Å². The highest BCUT2D eigenvalue weighted by molar-refractivity contribution is 6.05. The number of benzene rings is 2. The largest absolute Gasteiger partial charge is 0.397 e. The summed E-state index contributed by atoms with van der Waals surface area (Å²) < 4.78 is 45.9. The van der Waals surface area contributed by atoms with Crippen LogP contribution in [0, 0.1) is 5.82 Å². The maximum Gasteiger partial charge on any atom is 0.255 e. The second-order valence-corrected chi connectivity index (χ2v) is 5.88. The number of amides is 2. The van der Waals surface area contributed by atoms with Crippen molar-refractivity contribution in [2.45, 2.75) is 6.54 Å². The van der Waals surface area contributed by atoms with Gasteiger partial charge in [0.2, 0.25) is 5.91 Å². The Balaban J connectivity index is 1.79. The number of anilines is 2. The molecule has 0 bridgehead atoms. The molecule has 0 atom stereocenters. The number of halogens is 1. The quantitative estimate of drug-likeness (QED) is 0.441. The van der Waals surface area contributed by atoms with Crippen LogP contribution in [0.5, 0.6) is 0 Å². The number of aromatic nitrogens is 1. The summed E-state index contributed by atoms with van der Waals surface area (Å²) in [4.78, 5) is 28.6. The Labute approximate surface area is 172 Å². The Morgan fingerprint density at radius 1 is 1.21 bits per heavy atom. The summed E-state index contributed by atoms with van der Waals surface area (Å²) in [5, 5.41) is 4.87. The predicted molar refractivity (Wildman–Crippen MR) is 110 cm³/mol. The van der Waals surface area contributed by atoms with Crippen molar-refractivity contribution >= 4 is 29.3 Å². The zero-order chi connectivity index (χ0) is 24.1. The Bertz CT molecular complexity index is 1220. The van der Waals surface area contributed by atoms with E-state index >= 15 is 0 Å². The SMILES string of the molecule is [2H]c1c([2H])c(C(=O)Nc2ccc(F)cc2N)c([2H])c([2H])c1CNC(=O)/C=C/c1cccnc1. The lowest BCUT2D eigenvalue weighted by Crippen LogP contribution is -2.20. The number of carbonyl (C=O) groups is 2. The third-order valence-corrected chi connectivity index (χ3v) is 3.72. The van der Waals surface area contributed by atoms with Gasteiger partial charge >= 0.3 is 0 Å². The van der Waals surface area contributed by atoms with E-state index < -0.39 is 47.4 Å². The minimum Gasteiger partial charge on any atom is -0.397 e. The molecule has 0 radical (unpaired) electrons. The van der Waals surface area contributed by atoms with Gasteiger partial charge in [0.15, 0.2) is 0 Å². The van der Waals surface area contributed by atoms with Crippen LogP contribution in [0.15, 0.2) is 73.0 Å². The molecule has 0 aliphatic heterocycles. The predicted octanol–water partition coefficient (Wildman–Crippen LogP) is 3.38.